The Bertz CT molecular complexity index is 737. The number of halogens is 1. The highest BCUT2D eigenvalue weighted by Gasteiger charge is 2.06. The van der Waals surface area contributed by atoms with E-state index in [2.05, 4.69) is 31.2 Å². The lowest BCUT2D eigenvalue weighted by atomic mass is 10.2. The van der Waals surface area contributed by atoms with Crippen molar-refractivity contribution in [3.05, 3.63) is 53.3 Å². The molecule has 0 aliphatic carbocycles. The van der Waals surface area contributed by atoms with Crippen molar-refractivity contribution in [2.75, 3.05) is 11.1 Å². The number of nitrogens with one attached hydrogen (secondary N) is 1. The highest BCUT2D eigenvalue weighted by molar-refractivity contribution is 9.10. The van der Waals surface area contributed by atoms with E-state index in [1.54, 1.807) is 12.4 Å². The predicted octanol–water partition coefficient (Wildman–Crippen LogP) is 3.72. The van der Waals surface area contributed by atoms with Gasteiger partial charge in [-0.1, -0.05) is 18.2 Å². The fourth-order valence-corrected chi connectivity index (χ4v) is 2.34. The first-order valence-corrected chi connectivity index (χ1v) is 6.55. The van der Waals surface area contributed by atoms with E-state index in [0.717, 1.165) is 21.1 Å². The van der Waals surface area contributed by atoms with Crippen LogP contribution >= 0.6 is 15.9 Å². The van der Waals surface area contributed by atoms with Crippen molar-refractivity contribution in [3.8, 4) is 0 Å². The van der Waals surface area contributed by atoms with Crippen LogP contribution in [0.4, 0.5) is 17.2 Å². The molecule has 0 saturated heterocycles. The maximum Gasteiger partial charge on any atom is 0.144 e. The van der Waals surface area contributed by atoms with Crippen LogP contribution in [-0.4, -0.2) is 9.97 Å². The molecule has 0 radical (unpaired) electrons. The Morgan fingerprint density at radius 3 is 2.79 bits per heavy atom. The van der Waals surface area contributed by atoms with E-state index >= 15 is 0 Å². The molecule has 0 unspecified atom stereocenters. The molecule has 0 amide bonds. The number of para-hydroxylation sites is 1. The third kappa shape index (κ3) is 2.37. The van der Waals surface area contributed by atoms with Gasteiger partial charge in [-0.15, -0.1) is 0 Å². The van der Waals surface area contributed by atoms with Crippen molar-refractivity contribution in [1.29, 1.82) is 0 Å². The lowest BCUT2D eigenvalue weighted by molar-refractivity contribution is 1.29. The van der Waals surface area contributed by atoms with E-state index in [4.69, 9.17) is 5.73 Å². The third-order valence-corrected chi connectivity index (χ3v) is 3.35. The minimum absolute atomic E-state index is 0.619. The number of aromatic nitrogens is 2. The Morgan fingerprint density at radius 2 is 1.95 bits per heavy atom. The van der Waals surface area contributed by atoms with Crippen LogP contribution in [0.3, 0.4) is 0 Å². The molecule has 3 rings (SSSR count). The summed E-state index contributed by atoms with van der Waals surface area (Å²) in [4.78, 5) is 8.66. The monoisotopic (exact) mass is 314 g/mol. The number of nitrogens with two attached hydrogens (primary N) is 1. The van der Waals surface area contributed by atoms with Gasteiger partial charge in [0.05, 0.1) is 27.6 Å². The van der Waals surface area contributed by atoms with E-state index in [9.17, 15) is 0 Å². The van der Waals surface area contributed by atoms with Gasteiger partial charge in [0.2, 0.25) is 0 Å². The Balaban J connectivity index is 2.06. The zero-order valence-corrected chi connectivity index (χ0v) is 11.6. The number of fused-ring (bicyclic) bond motifs is 1. The van der Waals surface area contributed by atoms with Gasteiger partial charge in [0.1, 0.15) is 5.82 Å². The quantitative estimate of drug-likeness (QED) is 0.756. The molecule has 0 fully saturated rings. The molecule has 4 nitrogen and oxygen atoms in total. The van der Waals surface area contributed by atoms with E-state index in [0.29, 0.717) is 11.5 Å². The molecule has 1 aromatic carbocycles. The molecular weight excluding hydrogens is 304 g/mol. The van der Waals surface area contributed by atoms with Gasteiger partial charge >= 0.3 is 0 Å². The Hall–Kier alpha value is -2.14. The summed E-state index contributed by atoms with van der Waals surface area (Å²) < 4.78 is 0.820. The Labute approximate surface area is 118 Å². The molecule has 19 heavy (non-hydrogen) atoms. The number of nitrogens with zero attached hydrogens (tertiary/aromatic N) is 2. The largest absolute Gasteiger partial charge is 0.397 e. The third-order valence-electron chi connectivity index (χ3n) is 2.75. The second-order valence-corrected chi connectivity index (χ2v) is 4.96. The molecular formula is C14H11BrN4. The molecule has 2 heterocycles. The molecule has 2 aromatic heterocycles. The topological polar surface area (TPSA) is 63.8 Å². The Kier molecular flexibility index (Phi) is 3.05. The van der Waals surface area contributed by atoms with Crippen LogP contribution in [-0.2, 0) is 0 Å². The summed E-state index contributed by atoms with van der Waals surface area (Å²) in [5, 5.41) is 4.35. The molecule has 0 aliphatic rings. The number of rotatable bonds is 2. The molecule has 3 aromatic rings. The summed E-state index contributed by atoms with van der Waals surface area (Å²) in [6.07, 6.45) is 3.39. The SMILES string of the molecule is Nc1cnc(Nc2cccc3cccnc23)c(Br)c1. The van der Waals surface area contributed by atoms with Gasteiger partial charge < -0.3 is 11.1 Å². The first-order valence-electron chi connectivity index (χ1n) is 5.76. The van der Waals surface area contributed by atoms with Gasteiger partial charge in [0.25, 0.3) is 0 Å². The average molecular weight is 315 g/mol. The first kappa shape index (κ1) is 11.9. The van der Waals surface area contributed by atoms with Crippen LogP contribution in [0.25, 0.3) is 10.9 Å². The molecule has 0 spiro atoms. The zero-order chi connectivity index (χ0) is 13.2. The number of benzene rings is 1. The summed E-state index contributed by atoms with van der Waals surface area (Å²) in [6.45, 7) is 0. The van der Waals surface area contributed by atoms with Crippen LogP contribution in [0.15, 0.2) is 53.3 Å². The number of anilines is 3. The van der Waals surface area contributed by atoms with Crippen molar-refractivity contribution in [1.82, 2.24) is 9.97 Å². The van der Waals surface area contributed by atoms with Crippen LogP contribution in [0.5, 0.6) is 0 Å². The van der Waals surface area contributed by atoms with Crippen molar-refractivity contribution in [3.63, 3.8) is 0 Å². The summed E-state index contributed by atoms with van der Waals surface area (Å²) in [6, 6.07) is 11.7. The first-order chi connectivity index (χ1) is 9.24. The second-order valence-electron chi connectivity index (χ2n) is 4.10. The fraction of sp³-hybridized carbons (Fsp3) is 0. The van der Waals surface area contributed by atoms with Gasteiger partial charge in [-0.05, 0) is 34.1 Å². The number of pyridine rings is 2. The summed E-state index contributed by atoms with van der Waals surface area (Å²) in [7, 11) is 0. The molecule has 5 heteroatoms. The van der Waals surface area contributed by atoms with Crippen LogP contribution < -0.4 is 11.1 Å². The number of hydrogen-bond acceptors (Lipinski definition) is 4. The molecule has 3 N–H and O–H groups in total. The molecule has 0 saturated carbocycles. The van der Waals surface area contributed by atoms with Crippen molar-refractivity contribution < 1.29 is 0 Å². The van der Waals surface area contributed by atoms with Gasteiger partial charge in [-0.25, -0.2) is 4.98 Å². The van der Waals surface area contributed by atoms with Crippen molar-refractivity contribution in [2.45, 2.75) is 0 Å². The van der Waals surface area contributed by atoms with Crippen molar-refractivity contribution in [2.24, 2.45) is 0 Å². The van der Waals surface area contributed by atoms with Crippen LogP contribution in [0, 0.1) is 0 Å². The highest BCUT2D eigenvalue weighted by Crippen LogP contribution is 2.28. The second kappa shape index (κ2) is 4.85. The van der Waals surface area contributed by atoms with Gasteiger partial charge in [0.15, 0.2) is 0 Å². The lowest BCUT2D eigenvalue weighted by Crippen LogP contribution is -1.97. The smallest absolute Gasteiger partial charge is 0.144 e. The summed E-state index contributed by atoms with van der Waals surface area (Å²) in [5.41, 5.74) is 8.12. The minimum Gasteiger partial charge on any atom is -0.397 e. The summed E-state index contributed by atoms with van der Waals surface area (Å²) >= 11 is 3.44. The van der Waals surface area contributed by atoms with Crippen LogP contribution in [0.1, 0.15) is 0 Å². The fourth-order valence-electron chi connectivity index (χ4n) is 1.88. The number of nitrogen functional groups attached to an aromatic ring is 1. The molecule has 0 bridgehead atoms. The van der Waals surface area contributed by atoms with Gasteiger partial charge in [-0.3, -0.25) is 4.98 Å². The molecule has 0 atom stereocenters. The standard InChI is InChI=1S/C14H11BrN4/c15-11-7-10(16)8-18-14(11)19-12-5-1-3-9-4-2-6-17-13(9)12/h1-8H,16H2,(H,18,19). The van der Waals surface area contributed by atoms with E-state index < -0.39 is 0 Å². The predicted molar refractivity (Wildman–Crippen MR) is 81.4 cm³/mol. The number of hydrogen-bond donors (Lipinski definition) is 2. The summed E-state index contributed by atoms with van der Waals surface area (Å²) in [5.74, 6) is 0.715. The zero-order valence-electron chi connectivity index (χ0n) is 9.97. The van der Waals surface area contributed by atoms with E-state index in [-0.39, 0.29) is 0 Å². The maximum absolute atomic E-state index is 5.68. The van der Waals surface area contributed by atoms with Gasteiger partial charge in [0, 0.05) is 11.6 Å². The minimum atomic E-state index is 0.619. The highest BCUT2D eigenvalue weighted by atomic mass is 79.9. The van der Waals surface area contributed by atoms with Crippen LogP contribution in [0.2, 0.25) is 0 Å². The normalized spacial score (nSPS) is 10.6. The van der Waals surface area contributed by atoms with E-state index in [1.165, 1.54) is 0 Å². The molecule has 94 valence electrons. The average Bonchev–Trinajstić information content (AvgIpc) is 2.42. The van der Waals surface area contributed by atoms with Crippen molar-refractivity contribution >= 4 is 44.0 Å². The lowest BCUT2D eigenvalue weighted by Gasteiger charge is -2.10. The Morgan fingerprint density at radius 1 is 1.11 bits per heavy atom. The maximum atomic E-state index is 5.68. The van der Waals surface area contributed by atoms with E-state index in [1.807, 2.05) is 36.4 Å². The molecule has 0 aliphatic heterocycles. The van der Waals surface area contributed by atoms with Gasteiger partial charge in [-0.2, -0.15) is 0 Å².